The first-order chi connectivity index (χ1) is 14.6. The van der Waals surface area contributed by atoms with E-state index in [-0.39, 0.29) is 16.6 Å². The number of hydrogen-bond acceptors (Lipinski definition) is 6. The molecule has 1 aliphatic rings. The fourth-order valence-electron chi connectivity index (χ4n) is 3.20. The molecule has 0 radical (unpaired) electrons. The first-order valence-electron chi connectivity index (χ1n) is 9.72. The number of anilines is 2. The van der Waals surface area contributed by atoms with E-state index < -0.39 is 5.97 Å². The molecule has 0 bridgehead atoms. The van der Waals surface area contributed by atoms with Crippen molar-refractivity contribution in [3.8, 4) is 5.75 Å². The van der Waals surface area contributed by atoms with Crippen LogP contribution in [0.1, 0.15) is 40.6 Å². The molecular formula is C23H22ClN3O3. The molecule has 4 rings (SSSR count). The Hall–Kier alpha value is -3.12. The molecule has 1 heterocycles. The van der Waals surface area contributed by atoms with Gasteiger partial charge in [0.15, 0.2) is 11.5 Å². The monoisotopic (exact) mass is 423 g/mol. The third-order valence-electron chi connectivity index (χ3n) is 5.00. The fourth-order valence-corrected chi connectivity index (χ4v) is 3.47. The van der Waals surface area contributed by atoms with Crippen LogP contribution in [0.4, 0.5) is 11.5 Å². The molecule has 3 aromatic rings. The zero-order valence-electron chi connectivity index (χ0n) is 16.8. The van der Waals surface area contributed by atoms with Crippen molar-refractivity contribution in [2.75, 3.05) is 19.1 Å². The van der Waals surface area contributed by atoms with Crippen LogP contribution in [-0.2, 0) is 11.3 Å². The van der Waals surface area contributed by atoms with Crippen molar-refractivity contribution < 1.29 is 14.3 Å². The van der Waals surface area contributed by atoms with E-state index in [1.54, 1.807) is 7.11 Å². The molecule has 0 aliphatic heterocycles. The van der Waals surface area contributed by atoms with Gasteiger partial charge in [0.05, 0.1) is 14.2 Å². The molecule has 0 saturated heterocycles. The number of benzene rings is 2. The number of methoxy groups -OCH3 is 2. The summed E-state index contributed by atoms with van der Waals surface area (Å²) < 4.78 is 10.2. The SMILES string of the molecule is COC(=O)c1nc(C2CC2)nc(N(Cc2ccccc2)c2ccc(OC)cc2)c1Cl. The zero-order valence-corrected chi connectivity index (χ0v) is 17.6. The predicted octanol–water partition coefficient (Wildman–Crippen LogP) is 5.14. The van der Waals surface area contributed by atoms with Crippen molar-refractivity contribution >= 4 is 29.1 Å². The van der Waals surface area contributed by atoms with Crippen LogP contribution in [0.25, 0.3) is 0 Å². The number of carbonyl (C=O) groups excluding carboxylic acids is 1. The molecule has 0 unspecified atom stereocenters. The van der Waals surface area contributed by atoms with E-state index in [0.717, 1.165) is 29.8 Å². The summed E-state index contributed by atoms with van der Waals surface area (Å²) in [6, 6.07) is 17.7. The van der Waals surface area contributed by atoms with Gasteiger partial charge in [-0.1, -0.05) is 41.9 Å². The second kappa shape index (κ2) is 8.71. The quantitative estimate of drug-likeness (QED) is 0.490. The zero-order chi connectivity index (χ0) is 21.1. The maximum atomic E-state index is 12.4. The van der Waals surface area contributed by atoms with Crippen molar-refractivity contribution in [3.63, 3.8) is 0 Å². The van der Waals surface area contributed by atoms with Gasteiger partial charge in [-0.15, -0.1) is 0 Å². The minimum atomic E-state index is -0.569. The summed E-state index contributed by atoms with van der Waals surface area (Å²) in [6.45, 7) is 0.522. The highest BCUT2D eigenvalue weighted by Gasteiger charge is 2.31. The van der Waals surface area contributed by atoms with Crippen molar-refractivity contribution in [1.29, 1.82) is 0 Å². The van der Waals surface area contributed by atoms with Crippen LogP contribution >= 0.6 is 11.6 Å². The van der Waals surface area contributed by atoms with Crippen molar-refractivity contribution in [2.45, 2.75) is 25.3 Å². The van der Waals surface area contributed by atoms with Gasteiger partial charge in [-0.25, -0.2) is 14.8 Å². The maximum absolute atomic E-state index is 12.4. The van der Waals surface area contributed by atoms with Crippen molar-refractivity contribution in [2.24, 2.45) is 0 Å². The van der Waals surface area contributed by atoms with E-state index in [9.17, 15) is 4.79 Å². The summed E-state index contributed by atoms with van der Waals surface area (Å²) in [5, 5.41) is 0.179. The highest BCUT2D eigenvalue weighted by molar-refractivity contribution is 6.35. The van der Waals surface area contributed by atoms with Gasteiger partial charge in [0.1, 0.15) is 16.6 Å². The summed E-state index contributed by atoms with van der Waals surface area (Å²) in [5.74, 6) is 1.55. The lowest BCUT2D eigenvalue weighted by molar-refractivity contribution is 0.0593. The molecule has 0 N–H and O–H groups in total. The molecule has 1 aliphatic carbocycles. The van der Waals surface area contributed by atoms with Crippen molar-refractivity contribution in [1.82, 2.24) is 9.97 Å². The number of aromatic nitrogens is 2. The number of nitrogens with zero attached hydrogens (tertiary/aromatic N) is 3. The van der Waals surface area contributed by atoms with E-state index in [1.165, 1.54) is 7.11 Å². The summed E-state index contributed by atoms with van der Waals surface area (Å²) in [7, 11) is 2.95. The smallest absolute Gasteiger partial charge is 0.358 e. The number of hydrogen-bond donors (Lipinski definition) is 0. The summed E-state index contributed by atoms with van der Waals surface area (Å²) >= 11 is 6.66. The highest BCUT2D eigenvalue weighted by Crippen LogP contribution is 2.41. The van der Waals surface area contributed by atoms with Gasteiger partial charge >= 0.3 is 5.97 Å². The molecule has 1 aromatic heterocycles. The maximum Gasteiger partial charge on any atom is 0.358 e. The number of rotatable bonds is 7. The van der Waals surface area contributed by atoms with Crippen LogP contribution in [0.15, 0.2) is 54.6 Å². The molecule has 2 aromatic carbocycles. The van der Waals surface area contributed by atoms with E-state index in [2.05, 4.69) is 4.98 Å². The summed E-state index contributed by atoms with van der Waals surface area (Å²) in [6.07, 6.45) is 2.01. The molecule has 30 heavy (non-hydrogen) atoms. The van der Waals surface area contributed by atoms with Gasteiger partial charge in [0, 0.05) is 18.2 Å². The Kier molecular flexibility index (Phi) is 5.86. The molecule has 6 nitrogen and oxygen atoms in total. The van der Waals surface area contributed by atoms with Crippen molar-refractivity contribution in [3.05, 3.63) is 76.7 Å². The predicted molar refractivity (Wildman–Crippen MR) is 116 cm³/mol. The molecule has 0 atom stereocenters. The topological polar surface area (TPSA) is 64.5 Å². The van der Waals surface area contributed by atoms with Gasteiger partial charge in [0.2, 0.25) is 0 Å². The summed E-state index contributed by atoms with van der Waals surface area (Å²) in [4.78, 5) is 23.5. The van der Waals surface area contributed by atoms with Gasteiger partial charge in [-0.2, -0.15) is 0 Å². The summed E-state index contributed by atoms with van der Waals surface area (Å²) in [5.41, 5.74) is 2.05. The highest BCUT2D eigenvalue weighted by atomic mass is 35.5. The number of halogens is 1. The van der Waals surface area contributed by atoms with E-state index in [4.69, 9.17) is 26.1 Å². The van der Waals surface area contributed by atoms with E-state index in [1.807, 2.05) is 59.5 Å². The molecule has 1 saturated carbocycles. The van der Waals surface area contributed by atoms with Crippen LogP contribution in [0, 0.1) is 0 Å². The van der Waals surface area contributed by atoms with Gasteiger partial charge in [0.25, 0.3) is 0 Å². The molecule has 154 valence electrons. The van der Waals surface area contributed by atoms with Crippen LogP contribution in [0.3, 0.4) is 0 Å². The number of carbonyl (C=O) groups is 1. The van der Waals surface area contributed by atoms with E-state index in [0.29, 0.717) is 18.2 Å². The average molecular weight is 424 g/mol. The van der Waals surface area contributed by atoms with Crippen LogP contribution in [0.5, 0.6) is 5.75 Å². The first-order valence-corrected chi connectivity index (χ1v) is 10.1. The van der Waals surface area contributed by atoms with Crippen LogP contribution in [0.2, 0.25) is 5.02 Å². The Bertz CT molecular complexity index is 1040. The lowest BCUT2D eigenvalue weighted by Gasteiger charge is -2.26. The molecule has 7 heteroatoms. The third-order valence-corrected chi connectivity index (χ3v) is 5.34. The number of ether oxygens (including phenoxy) is 2. The Morgan fingerprint density at radius 2 is 1.77 bits per heavy atom. The molecule has 0 spiro atoms. The Labute approximate surface area is 180 Å². The van der Waals surface area contributed by atoms with Gasteiger partial charge in [-0.05, 0) is 42.7 Å². The standard InChI is InChI=1S/C23H22ClN3O3/c1-29-18-12-10-17(11-13-18)27(14-15-6-4-3-5-7-15)22-19(24)20(23(28)30-2)25-21(26-22)16-8-9-16/h3-7,10-13,16H,8-9,14H2,1-2H3. The Balaban J connectivity index is 1.84. The number of esters is 1. The Morgan fingerprint density at radius 3 is 2.37 bits per heavy atom. The fraction of sp³-hybridized carbons (Fsp3) is 0.261. The normalized spacial score (nSPS) is 13.0. The second-order valence-electron chi connectivity index (χ2n) is 7.10. The second-order valence-corrected chi connectivity index (χ2v) is 7.48. The first kappa shape index (κ1) is 20.2. The average Bonchev–Trinajstić information content (AvgIpc) is 3.64. The van der Waals surface area contributed by atoms with Crippen LogP contribution in [-0.4, -0.2) is 30.2 Å². The molecule has 0 amide bonds. The van der Waals surface area contributed by atoms with Crippen LogP contribution < -0.4 is 9.64 Å². The Morgan fingerprint density at radius 1 is 1.07 bits per heavy atom. The minimum absolute atomic E-state index is 0.0950. The molecular weight excluding hydrogens is 402 g/mol. The lowest BCUT2D eigenvalue weighted by Crippen LogP contribution is -2.21. The van der Waals surface area contributed by atoms with E-state index >= 15 is 0 Å². The van der Waals surface area contributed by atoms with Gasteiger partial charge < -0.3 is 14.4 Å². The lowest BCUT2D eigenvalue weighted by atomic mass is 10.2. The van der Waals surface area contributed by atoms with Gasteiger partial charge in [-0.3, -0.25) is 0 Å². The molecule has 1 fully saturated rings. The minimum Gasteiger partial charge on any atom is -0.497 e. The largest absolute Gasteiger partial charge is 0.497 e. The third kappa shape index (κ3) is 4.24.